The van der Waals surface area contributed by atoms with Crippen molar-refractivity contribution >= 4 is 44.1 Å². The molecule has 0 amide bonds. The first-order valence-corrected chi connectivity index (χ1v) is 7.56. The van der Waals surface area contributed by atoms with Gasteiger partial charge < -0.3 is 10.3 Å². The number of anilines is 1. The van der Waals surface area contributed by atoms with Gasteiger partial charge in [0, 0.05) is 38.8 Å². The van der Waals surface area contributed by atoms with Gasteiger partial charge in [-0.25, -0.2) is 0 Å². The number of benzene rings is 2. The first-order valence-electron chi connectivity index (χ1n) is 6.39. The molecule has 0 aliphatic rings. The van der Waals surface area contributed by atoms with Crippen LogP contribution in [0.5, 0.6) is 0 Å². The van der Waals surface area contributed by atoms with Crippen LogP contribution in [0.3, 0.4) is 0 Å². The summed E-state index contributed by atoms with van der Waals surface area (Å²) in [6.45, 7) is 2.86. The van der Waals surface area contributed by atoms with Gasteiger partial charge in [-0.1, -0.05) is 23.7 Å². The molecule has 3 aromatic rings. The zero-order chi connectivity index (χ0) is 14.1. The molecule has 0 saturated carbocycles. The molecule has 1 heterocycles. The normalized spacial score (nSPS) is 10.9. The number of aromatic nitrogens is 1. The standard InChI is InChI=1S/C16H14BrClN2/c1-10-2-5-14(17)16(6-10)20-9-11-8-19-15-7-12(18)3-4-13(11)15/h2-8,19-20H,9H2,1H3. The van der Waals surface area contributed by atoms with Gasteiger partial charge in [-0.2, -0.15) is 0 Å². The molecule has 0 spiro atoms. The predicted molar refractivity (Wildman–Crippen MR) is 89.5 cm³/mol. The molecule has 0 atom stereocenters. The number of aryl methyl sites for hydroxylation is 1. The molecule has 1 aromatic heterocycles. The van der Waals surface area contributed by atoms with Crippen molar-refractivity contribution in [1.29, 1.82) is 0 Å². The maximum atomic E-state index is 6.00. The maximum Gasteiger partial charge on any atom is 0.0489 e. The van der Waals surface area contributed by atoms with E-state index in [1.54, 1.807) is 0 Å². The Bertz CT molecular complexity index is 764. The minimum Gasteiger partial charge on any atom is -0.380 e. The minimum absolute atomic E-state index is 0.750. The summed E-state index contributed by atoms with van der Waals surface area (Å²) in [4.78, 5) is 3.26. The van der Waals surface area contributed by atoms with Gasteiger partial charge in [-0.05, 0) is 58.2 Å². The van der Waals surface area contributed by atoms with Crippen molar-refractivity contribution in [2.75, 3.05) is 5.32 Å². The smallest absolute Gasteiger partial charge is 0.0489 e. The fourth-order valence-corrected chi connectivity index (χ4v) is 2.83. The molecule has 20 heavy (non-hydrogen) atoms. The molecule has 0 aliphatic heterocycles. The van der Waals surface area contributed by atoms with Gasteiger partial charge in [0.15, 0.2) is 0 Å². The van der Waals surface area contributed by atoms with Gasteiger partial charge in [0.2, 0.25) is 0 Å². The summed E-state index contributed by atoms with van der Waals surface area (Å²) in [5, 5.41) is 5.41. The molecule has 0 fully saturated rings. The number of halogens is 2. The molecule has 0 radical (unpaired) electrons. The van der Waals surface area contributed by atoms with Crippen LogP contribution in [-0.4, -0.2) is 4.98 Å². The highest BCUT2D eigenvalue weighted by Crippen LogP contribution is 2.26. The number of rotatable bonds is 3. The second-order valence-electron chi connectivity index (χ2n) is 4.84. The number of hydrogen-bond donors (Lipinski definition) is 2. The quantitative estimate of drug-likeness (QED) is 0.641. The van der Waals surface area contributed by atoms with Crippen molar-refractivity contribution in [3.8, 4) is 0 Å². The summed E-state index contributed by atoms with van der Waals surface area (Å²) in [7, 11) is 0. The molecule has 2 aromatic carbocycles. The lowest BCUT2D eigenvalue weighted by atomic mass is 10.1. The van der Waals surface area contributed by atoms with E-state index in [1.807, 2.05) is 18.3 Å². The topological polar surface area (TPSA) is 27.8 Å². The third kappa shape index (κ3) is 2.69. The van der Waals surface area contributed by atoms with E-state index in [1.165, 1.54) is 16.5 Å². The van der Waals surface area contributed by atoms with Gasteiger partial charge in [0.25, 0.3) is 0 Å². The summed E-state index contributed by atoms with van der Waals surface area (Å²) in [5.74, 6) is 0. The lowest BCUT2D eigenvalue weighted by Crippen LogP contribution is -1.99. The van der Waals surface area contributed by atoms with E-state index in [2.05, 4.69) is 57.4 Å². The molecular formula is C16H14BrClN2. The summed E-state index contributed by atoms with van der Waals surface area (Å²) in [5.41, 5.74) is 4.64. The van der Waals surface area contributed by atoms with E-state index >= 15 is 0 Å². The first-order chi connectivity index (χ1) is 9.63. The van der Waals surface area contributed by atoms with Crippen LogP contribution >= 0.6 is 27.5 Å². The van der Waals surface area contributed by atoms with Crippen LogP contribution in [0.15, 0.2) is 47.1 Å². The van der Waals surface area contributed by atoms with E-state index in [4.69, 9.17) is 11.6 Å². The molecule has 4 heteroatoms. The third-order valence-electron chi connectivity index (χ3n) is 3.32. The molecule has 2 N–H and O–H groups in total. The van der Waals surface area contributed by atoms with Crippen molar-refractivity contribution in [1.82, 2.24) is 4.98 Å². The second-order valence-corrected chi connectivity index (χ2v) is 6.13. The van der Waals surface area contributed by atoms with Crippen molar-refractivity contribution in [2.24, 2.45) is 0 Å². The van der Waals surface area contributed by atoms with E-state index in [0.29, 0.717) is 0 Å². The Kier molecular flexibility index (Phi) is 3.72. The van der Waals surface area contributed by atoms with Crippen LogP contribution in [0.2, 0.25) is 5.02 Å². The highest BCUT2D eigenvalue weighted by Gasteiger charge is 2.05. The van der Waals surface area contributed by atoms with Gasteiger partial charge >= 0.3 is 0 Å². The Morgan fingerprint density at radius 3 is 2.90 bits per heavy atom. The third-order valence-corrected chi connectivity index (χ3v) is 4.25. The highest BCUT2D eigenvalue weighted by molar-refractivity contribution is 9.10. The molecule has 2 nitrogen and oxygen atoms in total. The Hall–Kier alpha value is -1.45. The Morgan fingerprint density at radius 1 is 1.20 bits per heavy atom. The summed E-state index contributed by atoms with van der Waals surface area (Å²) in [6, 6.07) is 12.2. The van der Waals surface area contributed by atoms with Crippen LogP contribution in [0, 0.1) is 6.92 Å². The molecule has 102 valence electrons. The minimum atomic E-state index is 0.750. The van der Waals surface area contributed by atoms with Gasteiger partial charge in [-0.3, -0.25) is 0 Å². The molecule has 0 bridgehead atoms. The largest absolute Gasteiger partial charge is 0.380 e. The van der Waals surface area contributed by atoms with Gasteiger partial charge in [0.05, 0.1) is 0 Å². The average Bonchev–Trinajstić information content (AvgIpc) is 2.82. The molecule has 0 unspecified atom stereocenters. The van der Waals surface area contributed by atoms with Crippen LogP contribution in [0.1, 0.15) is 11.1 Å². The van der Waals surface area contributed by atoms with Gasteiger partial charge in [-0.15, -0.1) is 0 Å². The Labute approximate surface area is 131 Å². The summed E-state index contributed by atoms with van der Waals surface area (Å²) in [6.07, 6.45) is 2.03. The second kappa shape index (κ2) is 5.51. The molecular weight excluding hydrogens is 336 g/mol. The Balaban J connectivity index is 1.85. The fourth-order valence-electron chi connectivity index (χ4n) is 2.27. The molecule has 3 rings (SSSR count). The fraction of sp³-hybridized carbons (Fsp3) is 0.125. The van der Waals surface area contributed by atoms with E-state index in [9.17, 15) is 0 Å². The van der Waals surface area contributed by atoms with Crippen LogP contribution in [-0.2, 0) is 6.54 Å². The summed E-state index contributed by atoms with van der Waals surface area (Å²) < 4.78 is 1.07. The molecule has 0 saturated heterocycles. The zero-order valence-corrected chi connectivity index (χ0v) is 13.3. The van der Waals surface area contributed by atoms with Crippen molar-refractivity contribution in [3.05, 3.63) is 63.2 Å². The maximum absolute atomic E-state index is 6.00. The Morgan fingerprint density at radius 2 is 2.05 bits per heavy atom. The summed E-state index contributed by atoms with van der Waals surface area (Å²) >= 11 is 9.56. The first kappa shape index (κ1) is 13.5. The van der Waals surface area contributed by atoms with Crippen molar-refractivity contribution in [3.63, 3.8) is 0 Å². The van der Waals surface area contributed by atoms with E-state index in [-0.39, 0.29) is 0 Å². The number of fused-ring (bicyclic) bond motifs is 1. The lowest BCUT2D eigenvalue weighted by Gasteiger charge is -2.09. The predicted octanol–water partition coefficient (Wildman–Crippen LogP) is 5.50. The lowest BCUT2D eigenvalue weighted by molar-refractivity contribution is 1.16. The number of H-pyrrole nitrogens is 1. The molecule has 0 aliphatic carbocycles. The van der Waals surface area contributed by atoms with Gasteiger partial charge in [0.1, 0.15) is 0 Å². The van der Waals surface area contributed by atoms with Crippen LogP contribution in [0.4, 0.5) is 5.69 Å². The van der Waals surface area contributed by atoms with E-state index < -0.39 is 0 Å². The van der Waals surface area contributed by atoms with Crippen LogP contribution < -0.4 is 5.32 Å². The van der Waals surface area contributed by atoms with Crippen LogP contribution in [0.25, 0.3) is 10.9 Å². The highest BCUT2D eigenvalue weighted by atomic mass is 79.9. The zero-order valence-electron chi connectivity index (χ0n) is 11.0. The number of aromatic amines is 1. The monoisotopic (exact) mass is 348 g/mol. The number of hydrogen-bond acceptors (Lipinski definition) is 1. The average molecular weight is 350 g/mol. The number of nitrogens with one attached hydrogen (secondary N) is 2. The van der Waals surface area contributed by atoms with Crippen molar-refractivity contribution in [2.45, 2.75) is 13.5 Å². The van der Waals surface area contributed by atoms with E-state index in [0.717, 1.165) is 27.2 Å². The SMILES string of the molecule is Cc1ccc(Br)c(NCc2c[nH]c3cc(Cl)ccc23)c1. The van der Waals surface area contributed by atoms with Crippen molar-refractivity contribution < 1.29 is 0 Å².